The van der Waals surface area contributed by atoms with E-state index in [0.717, 1.165) is 12.1 Å². The highest BCUT2D eigenvalue weighted by Crippen LogP contribution is 2.29. The molecule has 0 amide bonds. The van der Waals surface area contributed by atoms with Crippen LogP contribution in [0.15, 0.2) is 85.5 Å². The minimum atomic E-state index is -0.404. The molecule has 7 nitrogen and oxygen atoms in total. The molecule has 29 heavy (non-hydrogen) atoms. The molecule has 4 aromatic rings. The Bertz CT molecular complexity index is 1110. The van der Waals surface area contributed by atoms with Gasteiger partial charge in [0.2, 0.25) is 0 Å². The van der Waals surface area contributed by atoms with E-state index in [9.17, 15) is 10.1 Å². The van der Waals surface area contributed by atoms with Gasteiger partial charge in [0.15, 0.2) is 5.69 Å². The average molecular weight is 385 g/mol. The van der Waals surface area contributed by atoms with Crippen LogP contribution in [0.2, 0.25) is 0 Å². The zero-order chi connectivity index (χ0) is 20.1. The number of anilines is 1. The first-order valence-corrected chi connectivity index (χ1v) is 9.17. The molecule has 0 bridgehead atoms. The van der Waals surface area contributed by atoms with Crippen molar-refractivity contribution < 1.29 is 4.92 Å². The summed E-state index contributed by atoms with van der Waals surface area (Å²) in [5.41, 5.74) is 3.33. The highest BCUT2D eigenvalue weighted by Gasteiger charge is 2.17. The Morgan fingerprint density at radius 1 is 1.00 bits per heavy atom. The molecule has 2 heterocycles. The summed E-state index contributed by atoms with van der Waals surface area (Å²) < 4.78 is 2.01. The molecule has 0 aliphatic carbocycles. The lowest BCUT2D eigenvalue weighted by Crippen LogP contribution is -2.04. The Morgan fingerprint density at radius 3 is 2.59 bits per heavy atom. The summed E-state index contributed by atoms with van der Waals surface area (Å²) in [4.78, 5) is 19.5. The molecule has 2 aromatic heterocycles. The first-order chi connectivity index (χ1) is 14.2. The Hall–Kier alpha value is -4.00. The number of nitro groups is 1. The molecule has 0 unspecified atom stereocenters. The maximum Gasteiger partial charge on any atom is 0.295 e. The van der Waals surface area contributed by atoms with Crippen LogP contribution in [-0.4, -0.2) is 19.5 Å². The van der Waals surface area contributed by atoms with Crippen LogP contribution in [0.4, 0.5) is 11.5 Å². The standard InChI is InChI=1S/C22H19N5O2/c28-27(29)20-9-10-21(25-22(20)19-7-2-1-3-8-19)24-14-17-5-4-6-18(13-17)15-26-12-11-23-16-26/h1-13,16H,14-15H2,(H,24,25). The summed E-state index contributed by atoms with van der Waals surface area (Å²) in [6.45, 7) is 1.32. The largest absolute Gasteiger partial charge is 0.366 e. The number of rotatable bonds is 7. The molecule has 0 aliphatic rings. The number of benzene rings is 2. The van der Waals surface area contributed by atoms with Gasteiger partial charge < -0.3 is 9.88 Å². The fraction of sp³-hybridized carbons (Fsp3) is 0.0909. The SMILES string of the molecule is O=[N+]([O-])c1ccc(NCc2cccc(Cn3ccnc3)c2)nc1-c1ccccc1. The third-order valence-corrected chi connectivity index (χ3v) is 4.51. The normalized spacial score (nSPS) is 10.6. The summed E-state index contributed by atoms with van der Waals surface area (Å²) >= 11 is 0. The smallest absolute Gasteiger partial charge is 0.295 e. The van der Waals surface area contributed by atoms with Gasteiger partial charge in [-0.05, 0) is 17.2 Å². The molecule has 1 N–H and O–H groups in total. The van der Waals surface area contributed by atoms with E-state index in [1.54, 1.807) is 18.6 Å². The highest BCUT2D eigenvalue weighted by molar-refractivity contribution is 5.71. The third kappa shape index (κ3) is 4.47. The van der Waals surface area contributed by atoms with Crippen LogP contribution in [0.3, 0.4) is 0 Å². The van der Waals surface area contributed by atoms with Crippen molar-refractivity contribution >= 4 is 11.5 Å². The average Bonchev–Trinajstić information content (AvgIpc) is 3.26. The second-order valence-corrected chi connectivity index (χ2v) is 6.60. The van der Waals surface area contributed by atoms with Gasteiger partial charge in [0, 0.05) is 37.1 Å². The predicted octanol–water partition coefficient (Wildman–Crippen LogP) is 4.51. The monoisotopic (exact) mass is 385 g/mol. The number of aromatic nitrogens is 3. The van der Waals surface area contributed by atoms with E-state index >= 15 is 0 Å². The van der Waals surface area contributed by atoms with Crippen LogP contribution in [-0.2, 0) is 13.1 Å². The summed E-state index contributed by atoms with van der Waals surface area (Å²) in [7, 11) is 0. The molecule has 2 aromatic carbocycles. The zero-order valence-electron chi connectivity index (χ0n) is 15.6. The number of imidazole rings is 1. The van der Waals surface area contributed by atoms with E-state index in [1.165, 1.54) is 11.6 Å². The Labute approximate surface area is 167 Å². The van der Waals surface area contributed by atoms with Crippen LogP contribution in [0.1, 0.15) is 11.1 Å². The maximum absolute atomic E-state index is 11.4. The number of nitrogens with zero attached hydrogens (tertiary/aromatic N) is 4. The number of hydrogen-bond donors (Lipinski definition) is 1. The van der Waals surface area contributed by atoms with Gasteiger partial charge in [-0.2, -0.15) is 0 Å². The van der Waals surface area contributed by atoms with Crippen molar-refractivity contribution in [3.63, 3.8) is 0 Å². The van der Waals surface area contributed by atoms with Gasteiger partial charge in [0.25, 0.3) is 5.69 Å². The van der Waals surface area contributed by atoms with Crippen molar-refractivity contribution in [1.29, 1.82) is 0 Å². The molecule has 0 atom stereocenters. The minimum absolute atomic E-state index is 0.0101. The number of nitrogens with one attached hydrogen (secondary N) is 1. The summed E-state index contributed by atoms with van der Waals surface area (Å²) in [6.07, 6.45) is 5.48. The van der Waals surface area contributed by atoms with E-state index in [4.69, 9.17) is 0 Å². The van der Waals surface area contributed by atoms with Gasteiger partial charge in [0.1, 0.15) is 5.82 Å². The van der Waals surface area contributed by atoms with Crippen LogP contribution < -0.4 is 5.32 Å². The van der Waals surface area contributed by atoms with Crippen LogP contribution >= 0.6 is 0 Å². The third-order valence-electron chi connectivity index (χ3n) is 4.51. The molecule has 0 aliphatic heterocycles. The van der Waals surface area contributed by atoms with Crippen molar-refractivity contribution in [3.05, 3.63) is 107 Å². The molecule has 0 spiro atoms. The van der Waals surface area contributed by atoms with Crippen molar-refractivity contribution in [1.82, 2.24) is 14.5 Å². The molecule has 0 saturated heterocycles. The van der Waals surface area contributed by atoms with Gasteiger partial charge in [-0.1, -0.05) is 54.6 Å². The van der Waals surface area contributed by atoms with Crippen LogP contribution in [0.5, 0.6) is 0 Å². The van der Waals surface area contributed by atoms with E-state index < -0.39 is 4.92 Å². The van der Waals surface area contributed by atoms with Crippen LogP contribution in [0.25, 0.3) is 11.3 Å². The maximum atomic E-state index is 11.4. The fourth-order valence-corrected chi connectivity index (χ4v) is 3.13. The summed E-state index contributed by atoms with van der Waals surface area (Å²) in [6, 6.07) is 20.6. The van der Waals surface area contributed by atoms with Gasteiger partial charge in [-0.25, -0.2) is 9.97 Å². The molecule has 0 fully saturated rings. The lowest BCUT2D eigenvalue weighted by Gasteiger charge is -2.10. The van der Waals surface area contributed by atoms with Gasteiger partial charge >= 0.3 is 0 Å². The molecule has 7 heteroatoms. The van der Waals surface area contributed by atoms with Gasteiger partial charge in [-0.3, -0.25) is 10.1 Å². The van der Waals surface area contributed by atoms with Crippen molar-refractivity contribution in [2.24, 2.45) is 0 Å². The molecule has 0 saturated carbocycles. The lowest BCUT2D eigenvalue weighted by molar-refractivity contribution is -0.384. The van der Waals surface area contributed by atoms with Crippen molar-refractivity contribution in [3.8, 4) is 11.3 Å². The Morgan fingerprint density at radius 2 is 1.83 bits per heavy atom. The lowest BCUT2D eigenvalue weighted by atomic mass is 10.1. The van der Waals surface area contributed by atoms with E-state index in [-0.39, 0.29) is 5.69 Å². The molecule has 144 valence electrons. The second kappa shape index (κ2) is 8.35. The van der Waals surface area contributed by atoms with E-state index in [1.807, 2.05) is 53.2 Å². The first kappa shape index (κ1) is 18.4. The van der Waals surface area contributed by atoms with Gasteiger partial charge in [0.05, 0.1) is 11.3 Å². The Kier molecular flexibility index (Phi) is 5.29. The highest BCUT2D eigenvalue weighted by atomic mass is 16.6. The molecular formula is C22H19N5O2. The zero-order valence-corrected chi connectivity index (χ0v) is 15.6. The molecule has 0 radical (unpaired) electrons. The van der Waals surface area contributed by atoms with Crippen molar-refractivity contribution in [2.45, 2.75) is 13.1 Å². The minimum Gasteiger partial charge on any atom is -0.366 e. The second-order valence-electron chi connectivity index (χ2n) is 6.60. The fourth-order valence-electron chi connectivity index (χ4n) is 3.13. The van der Waals surface area contributed by atoms with E-state index in [0.29, 0.717) is 23.6 Å². The summed E-state index contributed by atoms with van der Waals surface area (Å²) in [5, 5.41) is 14.7. The van der Waals surface area contributed by atoms with Crippen molar-refractivity contribution in [2.75, 3.05) is 5.32 Å². The summed E-state index contributed by atoms with van der Waals surface area (Å²) in [5.74, 6) is 0.592. The van der Waals surface area contributed by atoms with E-state index in [2.05, 4.69) is 27.4 Å². The number of pyridine rings is 1. The molecule has 4 rings (SSSR count). The first-order valence-electron chi connectivity index (χ1n) is 9.17. The topological polar surface area (TPSA) is 85.9 Å². The Balaban J connectivity index is 1.52. The quantitative estimate of drug-likeness (QED) is 0.374. The van der Waals surface area contributed by atoms with Gasteiger partial charge in [-0.15, -0.1) is 0 Å². The molecular weight excluding hydrogens is 366 g/mol. The predicted molar refractivity (Wildman–Crippen MR) is 111 cm³/mol. The van der Waals surface area contributed by atoms with Crippen LogP contribution in [0, 0.1) is 10.1 Å². The number of hydrogen-bond acceptors (Lipinski definition) is 5.